The van der Waals surface area contributed by atoms with Gasteiger partial charge in [-0.05, 0) is 50.1 Å². The van der Waals surface area contributed by atoms with Gasteiger partial charge in [0.05, 0.1) is 11.1 Å². The summed E-state index contributed by atoms with van der Waals surface area (Å²) in [6, 6.07) is 5.53. The Morgan fingerprint density at radius 2 is 1.70 bits per heavy atom. The predicted octanol–water partition coefficient (Wildman–Crippen LogP) is 1.35. The molecular weight excluding hydrogens is 260 g/mol. The molecule has 0 aromatic heterocycles. The number of ether oxygens (including phenoxy) is 1. The molecule has 0 aliphatic rings. The molecule has 0 aliphatic carbocycles. The Labute approximate surface area is 117 Å². The van der Waals surface area contributed by atoms with Gasteiger partial charge in [0.1, 0.15) is 0 Å². The van der Waals surface area contributed by atoms with E-state index in [0.29, 0.717) is 13.0 Å². The maximum absolute atomic E-state index is 11.8. The zero-order valence-corrected chi connectivity index (χ0v) is 11.2. The summed E-state index contributed by atoms with van der Waals surface area (Å²) >= 11 is 0. The van der Waals surface area contributed by atoms with E-state index in [1.807, 2.05) is 0 Å². The number of rotatable bonds is 8. The van der Waals surface area contributed by atoms with E-state index in [4.69, 9.17) is 21.3 Å². The molecule has 110 valence electrons. The lowest BCUT2D eigenvalue weighted by Gasteiger charge is -2.13. The van der Waals surface area contributed by atoms with E-state index in [1.54, 1.807) is 0 Å². The summed E-state index contributed by atoms with van der Waals surface area (Å²) in [5.74, 6) is -1.59. The van der Waals surface area contributed by atoms with Crippen LogP contribution in [0.5, 0.6) is 0 Å². The van der Waals surface area contributed by atoms with E-state index in [2.05, 4.69) is 0 Å². The number of esters is 1. The Bertz CT molecular complexity index is 445. The van der Waals surface area contributed by atoms with Crippen LogP contribution < -0.4 is 11.5 Å². The van der Waals surface area contributed by atoms with Crippen molar-refractivity contribution in [2.75, 3.05) is 6.54 Å². The largest absolute Gasteiger partial charge is 0.478 e. The number of hydrogen-bond donors (Lipinski definition) is 3. The van der Waals surface area contributed by atoms with E-state index in [-0.39, 0.29) is 11.1 Å². The number of nitrogens with two attached hydrogens (primary N) is 2. The summed E-state index contributed by atoms with van der Waals surface area (Å²) in [6.45, 7) is 0.644. The van der Waals surface area contributed by atoms with Gasteiger partial charge in [0.25, 0.3) is 0 Å². The molecule has 5 N–H and O–H groups in total. The fourth-order valence-corrected chi connectivity index (χ4v) is 1.68. The molecule has 0 fully saturated rings. The first kappa shape index (κ1) is 16.1. The molecule has 1 aromatic rings. The zero-order valence-electron chi connectivity index (χ0n) is 11.2. The average molecular weight is 280 g/mol. The highest BCUT2D eigenvalue weighted by Gasteiger charge is 2.13. The van der Waals surface area contributed by atoms with E-state index >= 15 is 0 Å². The molecule has 0 saturated heterocycles. The molecule has 0 saturated carbocycles. The molecule has 6 heteroatoms. The van der Waals surface area contributed by atoms with Crippen LogP contribution in [0.1, 0.15) is 46.4 Å². The summed E-state index contributed by atoms with van der Waals surface area (Å²) in [4.78, 5) is 22.4. The monoisotopic (exact) mass is 280 g/mol. The first-order valence-electron chi connectivity index (χ1n) is 6.54. The maximum Gasteiger partial charge on any atom is 0.339 e. The summed E-state index contributed by atoms with van der Waals surface area (Å²) in [5, 5.41) is 8.76. The van der Waals surface area contributed by atoms with Crippen molar-refractivity contribution in [3.05, 3.63) is 35.4 Å². The highest BCUT2D eigenvalue weighted by atomic mass is 16.6. The van der Waals surface area contributed by atoms with Gasteiger partial charge in [-0.25, -0.2) is 9.59 Å². The van der Waals surface area contributed by atoms with Crippen molar-refractivity contribution >= 4 is 11.9 Å². The second-order valence-corrected chi connectivity index (χ2v) is 4.46. The van der Waals surface area contributed by atoms with Crippen LogP contribution >= 0.6 is 0 Å². The molecule has 1 aromatic carbocycles. The summed E-state index contributed by atoms with van der Waals surface area (Å²) < 4.78 is 5.08. The van der Waals surface area contributed by atoms with Gasteiger partial charge in [0.15, 0.2) is 6.23 Å². The van der Waals surface area contributed by atoms with Gasteiger partial charge in [-0.15, -0.1) is 0 Å². The minimum absolute atomic E-state index is 0.118. The lowest BCUT2D eigenvalue weighted by molar-refractivity contribution is 0.0291. The summed E-state index contributed by atoms with van der Waals surface area (Å²) in [5.41, 5.74) is 11.5. The summed E-state index contributed by atoms with van der Waals surface area (Å²) in [7, 11) is 0. The number of carboxylic acids is 1. The van der Waals surface area contributed by atoms with Crippen molar-refractivity contribution in [2.24, 2.45) is 11.5 Å². The van der Waals surface area contributed by atoms with Crippen LogP contribution in [0.25, 0.3) is 0 Å². The molecular formula is C14H20N2O4. The number of benzene rings is 1. The third-order valence-electron chi connectivity index (χ3n) is 2.82. The van der Waals surface area contributed by atoms with Crippen LogP contribution in [0.2, 0.25) is 0 Å². The Kier molecular flexibility index (Phi) is 6.69. The fraction of sp³-hybridized carbons (Fsp3) is 0.429. The molecule has 0 amide bonds. The SMILES string of the molecule is NCCCCCC(N)OC(=O)c1ccc(C(=O)O)cc1. The van der Waals surface area contributed by atoms with Crippen LogP contribution in [0, 0.1) is 0 Å². The molecule has 1 rings (SSSR count). The first-order chi connectivity index (χ1) is 9.54. The van der Waals surface area contributed by atoms with Gasteiger partial charge in [-0.2, -0.15) is 0 Å². The number of carboxylic acid groups (broad SMARTS) is 1. The second kappa shape index (κ2) is 8.29. The fourth-order valence-electron chi connectivity index (χ4n) is 1.68. The molecule has 1 atom stereocenters. The number of carbonyl (C=O) groups excluding carboxylic acids is 1. The van der Waals surface area contributed by atoms with Crippen LogP contribution in [0.3, 0.4) is 0 Å². The molecule has 0 heterocycles. The van der Waals surface area contributed by atoms with Crippen molar-refractivity contribution in [1.29, 1.82) is 0 Å². The summed E-state index contributed by atoms with van der Waals surface area (Å²) in [6.07, 6.45) is 2.66. The lowest BCUT2D eigenvalue weighted by atomic mass is 10.1. The van der Waals surface area contributed by atoms with Crippen molar-refractivity contribution in [1.82, 2.24) is 0 Å². The standard InChI is InChI=1S/C14H20N2O4/c15-9-3-1-2-4-12(16)20-14(19)11-7-5-10(6-8-11)13(17)18/h5-8,12H,1-4,9,15-16H2,(H,17,18). The molecule has 0 spiro atoms. The lowest BCUT2D eigenvalue weighted by Crippen LogP contribution is -2.27. The molecule has 1 unspecified atom stereocenters. The van der Waals surface area contributed by atoms with Crippen molar-refractivity contribution < 1.29 is 19.4 Å². The zero-order chi connectivity index (χ0) is 15.0. The van der Waals surface area contributed by atoms with Crippen molar-refractivity contribution in [3.63, 3.8) is 0 Å². The van der Waals surface area contributed by atoms with Crippen LogP contribution in [-0.2, 0) is 4.74 Å². The predicted molar refractivity (Wildman–Crippen MR) is 74.3 cm³/mol. The van der Waals surface area contributed by atoms with Gasteiger partial charge in [0, 0.05) is 0 Å². The van der Waals surface area contributed by atoms with Crippen LogP contribution in [0.4, 0.5) is 0 Å². The van der Waals surface area contributed by atoms with Crippen molar-refractivity contribution in [2.45, 2.75) is 31.9 Å². The molecule has 6 nitrogen and oxygen atoms in total. The van der Waals surface area contributed by atoms with Crippen molar-refractivity contribution in [3.8, 4) is 0 Å². The van der Waals surface area contributed by atoms with E-state index in [9.17, 15) is 9.59 Å². The Hall–Kier alpha value is -1.92. The topological polar surface area (TPSA) is 116 Å². The van der Waals surface area contributed by atoms with Crippen LogP contribution in [-0.4, -0.2) is 29.8 Å². The quantitative estimate of drug-likeness (QED) is 0.376. The second-order valence-electron chi connectivity index (χ2n) is 4.46. The Morgan fingerprint density at radius 1 is 1.10 bits per heavy atom. The number of carbonyl (C=O) groups is 2. The average Bonchev–Trinajstić information content (AvgIpc) is 2.43. The smallest absolute Gasteiger partial charge is 0.339 e. The minimum Gasteiger partial charge on any atom is -0.478 e. The first-order valence-corrected chi connectivity index (χ1v) is 6.54. The maximum atomic E-state index is 11.8. The third kappa shape index (κ3) is 5.38. The van der Waals surface area contributed by atoms with Crippen LogP contribution in [0.15, 0.2) is 24.3 Å². The molecule has 0 radical (unpaired) electrons. The normalized spacial score (nSPS) is 11.9. The minimum atomic E-state index is -1.04. The third-order valence-corrected chi connectivity index (χ3v) is 2.82. The van der Waals surface area contributed by atoms with E-state index < -0.39 is 18.2 Å². The van der Waals surface area contributed by atoms with Gasteiger partial charge in [-0.1, -0.05) is 6.42 Å². The highest BCUT2D eigenvalue weighted by molar-refractivity contribution is 5.92. The molecule has 0 bridgehead atoms. The molecule has 0 aliphatic heterocycles. The highest BCUT2D eigenvalue weighted by Crippen LogP contribution is 2.09. The van der Waals surface area contributed by atoms with Gasteiger partial charge in [0.2, 0.25) is 0 Å². The van der Waals surface area contributed by atoms with Gasteiger partial charge in [-0.3, -0.25) is 5.73 Å². The number of hydrogen-bond acceptors (Lipinski definition) is 5. The van der Waals surface area contributed by atoms with Gasteiger partial charge < -0.3 is 15.6 Å². The van der Waals surface area contributed by atoms with E-state index in [1.165, 1.54) is 24.3 Å². The number of unbranched alkanes of at least 4 members (excludes halogenated alkanes) is 2. The Morgan fingerprint density at radius 3 is 2.25 bits per heavy atom. The Balaban J connectivity index is 2.43. The number of aromatic carboxylic acids is 1. The molecule has 20 heavy (non-hydrogen) atoms. The van der Waals surface area contributed by atoms with E-state index in [0.717, 1.165) is 19.3 Å². The van der Waals surface area contributed by atoms with Gasteiger partial charge >= 0.3 is 11.9 Å².